The quantitative estimate of drug-likeness (QED) is 0.526. The van der Waals surface area contributed by atoms with Crippen molar-refractivity contribution in [2.24, 2.45) is 11.7 Å². The van der Waals surface area contributed by atoms with E-state index in [1.54, 1.807) is 0 Å². The smallest absolute Gasteiger partial charge is 0.0687 e. The second kappa shape index (κ2) is 4.40. The lowest BCUT2D eigenvalue weighted by atomic mass is 10.1. The minimum atomic E-state index is 0.0601. The summed E-state index contributed by atoms with van der Waals surface area (Å²) in [6.45, 7) is 6.18. The molecule has 0 aliphatic heterocycles. The Bertz CT molecular complexity index is 116. The van der Waals surface area contributed by atoms with Gasteiger partial charge in [-0.2, -0.15) is 0 Å². The van der Waals surface area contributed by atoms with Crippen LogP contribution in [0, 0.1) is 17.8 Å². The van der Waals surface area contributed by atoms with Gasteiger partial charge in [-0.15, -0.1) is 5.92 Å². The van der Waals surface area contributed by atoms with Crippen LogP contribution in [0.1, 0.15) is 27.2 Å². The fraction of sp³-hybridized carbons (Fsp3) is 0.750. The highest BCUT2D eigenvalue weighted by atomic mass is 14.6. The zero-order valence-corrected chi connectivity index (χ0v) is 6.44. The summed E-state index contributed by atoms with van der Waals surface area (Å²) in [6, 6.07) is 0.0601. The van der Waals surface area contributed by atoms with Crippen LogP contribution in [0.15, 0.2) is 0 Å². The van der Waals surface area contributed by atoms with Crippen molar-refractivity contribution in [1.29, 1.82) is 0 Å². The molecule has 0 rings (SSSR count). The molecule has 0 heterocycles. The van der Waals surface area contributed by atoms with Crippen LogP contribution in [0.2, 0.25) is 0 Å². The van der Waals surface area contributed by atoms with Crippen LogP contribution >= 0.6 is 0 Å². The molecular formula is C8H15N. The molecule has 0 fully saturated rings. The Balaban J connectivity index is 3.61. The molecule has 0 radical (unpaired) electrons. The van der Waals surface area contributed by atoms with Crippen LogP contribution in [-0.4, -0.2) is 6.04 Å². The van der Waals surface area contributed by atoms with Crippen LogP contribution in [0.5, 0.6) is 0 Å². The Morgan fingerprint density at radius 3 is 2.33 bits per heavy atom. The largest absolute Gasteiger partial charge is 0.317 e. The second-order valence-electron chi connectivity index (χ2n) is 2.44. The number of hydrogen-bond acceptors (Lipinski definition) is 1. The van der Waals surface area contributed by atoms with Gasteiger partial charge < -0.3 is 5.73 Å². The predicted molar refractivity (Wildman–Crippen MR) is 40.9 cm³/mol. The van der Waals surface area contributed by atoms with Crippen molar-refractivity contribution in [2.75, 3.05) is 0 Å². The van der Waals surface area contributed by atoms with Crippen molar-refractivity contribution in [3.05, 3.63) is 0 Å². The lowest BCUT2D eigenvalue weighted by Crippen LogP contribution is -2.23. The minimum absolute atomic E-state index is 0.0601. The summed E-state index contributed by atoms with van der Waals surface area (Å²) in [7, 11) is 0. The highest BCUT2D eigenvalue weighted by molar-refractivity contribution is 5.06. The third kappa shape index (κ3) is 4.05. The SMILES string of the molecule is CCC#CC(N)C(C)C. The Morgan fingerprint density at radius 2 is 2.00 bits per heavy atom. The molecule has 9 heavy (non-hydrogen) atoms. The maximum absolute atomic E-state index is 5.63. The Morgan fingerprint density at radius 1 is 1.44 bits per heavy atom. The molecule has 0 aromatic carbocycles. The van der Waals surface area contributed by atoms with Crippen LogP contribution in [-0.2, 0) is 0 Å². The van der Waals surface area contributed by atoms with Crippen LogP contribution in [0.25, 0.3) is 0 Å². The van der Waals surface area contributed by atoms with E-state index in [2.05, 4.69) is 25.7 Å². The first kappa shape index (κ1) is 8.52. The van der Waals surface area contributed by atoms with E-state index in [4.69, 9.17) is 5.73 Å². The van der Waals surface area contributed by atoms with E-state index in [9.17, 15) is 0 Å². The first-order valence-electron chi connectivity index (χ1n) is 3.42. The van der Waals surface area contributed by atoms with E-state index < -0.39 is 0 Å². The van der Waals surface area contributed by atoms with E-state index in [0.717, 1.165) is 6.42 Å². The Kier molecular flexibility index (Phi) is 4.17. The van der Waals surface area contributed by atoms with Gasteiger partial charge in [-0.05, 0) is 5.92 Å². The average Bonchev–Trinajstić information content (AvgIpc) is 1.82. The standard InChI is InChI=1S/C8H15N/c1-4-5-6-8(9)7(2)3/h7-8H,4,9H2,1-3H3. The van der Waals surface area contributed by atoms with E-state index in [-0.39, 0.29) is 6.04 Å². The molecule has 0 aromatic rings. The van der Waals surface area contributed by atoms with Gasteiger partial charge in [0, 0.05) is 6.42 Å². The molecule has 0 spiro atoms. The molecule has 1 unspecified atom stereocenters. The highest BCUT2D eigenvalue weighted by Crippen LogP contribution is 1.95. The van der Waals surface area contributed by atoms with Gasteiger partial charge in [0.2, 0.25) is 0 Å². The zero-order valence-electron chi connectivity index (χ0n) is 6.44. The molecule has 2 N–H and O–H groups in total. The van der Waals surface area contributed by atoms with Gasteiger partial charge >= 0.3 is 0 Å². The van der Waals surface area contributed by atoms with Gasteiger partial charge in [0.15, 0.2) is 0 Å². The summed E-state index contributed by atoms with van der Waals surface area (Å²) in [4.78, 5) is 0. The van der Waals surface area contributed by atoms with Gasteiger partial charge in [0.1, 0.15) is 0 Å². The van der Waals surface area contributed by atoms with Crippen LogP contribution < -0.4 is 5.73 Å². The summed E-state index contributed by atoms with van der Waals surface area (Å²) in [5.74, 6) is 6.39. The van der Waals surface area contributed by atoms with Crippen molar-refractivity contribution in [2.45, 2.75) is 33.2 Å². The minimum Gasteiger partial charge on any atom is -0.317 e. The van der Waals surface area contributed by atoms with Crippen LogP contribution in [0.4, 0.5) is 0 Å². The van der Waals surface area contributed by atoms with Crippen molar-refractivity contribution in [1.82, 2.24) is 0 Å². The highest BCUT2D eigenvalue weighted by Gasteiger charge is 2.00. The van der Waals surface area contributed by atoms with Crippen molar-refractivity contribution >= 4 is 0 Å². The van der Waals surface area contributed by atoms with Gasteiger partial charge in [0.25, 0.3) is 0 Å². The van der Waals surface area contributed by atoms with Crippen molar-refractivity contribution in [3.63, 3.8) is 0 Å². The summed E-state index contributed by atoms with van der Waals surface area (Å²) < 4.78 is 0. The monoisotopic (exact) mass is 125 g/mol. The topological polar surface area (TPSA) is 26.0 Å². The summed E-state index contributed by atoms with van der Waals surface area (Å²) in [5.41, 5.74) is 5.63. The predicted octanol–water partition coefficient (Wildman–Crippen LogP) is 1.38. The van der Waals surface area contributed by atoms with E-state index in [0.29, 0.717) is 5.92 Å². The van der Waals surface area contributed by atoms with Gasteiger partial charge in [0.05, 0.1) is 6.04 Å². The Hall–Kier alpha value is -0.480. The van der Waals surface area contributed by atoms with Crippen molar-refractivity contribution < 1.29 is 0 Å². The number of nitrogens with two attached hydrogens (primary N) is 1. The number of hydrogen-bond donors (Lipinski definition) is 1. The molecular weight excluding hydrogens is 110 g/mol. The summed E-state index contributed by atoms with van der Waals surface area (Å²) in [6.07, 6.45) is 0.903. The summed E-state index contributed by atoms with van der Waals surface area (Å²) >= 11 is 0. The molecule has 0 amide bonds. The molecule has 1 nitrogen and oxygen atoms in total. The molecule has 0 saturated carbocycles. The third-order valence-electron chi connectivity index (χ3n) is 1.16. The molecule has 0 saturated heterocycles. The van der Waals surface area contributed by atoms with Crippen molar-refractivity contribution in [3.8, 4) is 11.8 Å². The second-order valence-corrected chi connectivity index (χ2v) is 2.44. The third-order valence-corrected chi connectivity index (χ3v) is 1.16. The van der Waals surface area contributed by atoms with Crippen LogP contribution in [0.3, 0.4) is 0 Å². The zero-order chi connectivity index (χ0) is 7.28. The van der Waals surface area contributed by atoms with Gasteiger partial charge in [-0.3, -0.25) is 0 Å². The molecule has 52 valence electrons. The molecule has 0 aromatic heterocycles. The maximum atomic E-state index is 5.63. The summed E-state index contributed by atoms with van der Waals surface area (Å²) in [5, 5.41) is 0. The lowest BCUT2D eigenvalue weighted by Gasteiger charge is -2.06. The van der Waals surface area contributed by atoms with E-state index in [1.807, 2.05) is 6.92 Å². The molecule has 0 aliphatic carbocycles. The molecule has 0 bridgehead atoms. The fourth-order valence-corrected chi connectivity index (χ4v) is 0.387. The van der Waals surface area contributed by atoms with Gasteiger partial charge in [-0.25, -0.2) is 0 Å². The first-order valence-corrected chi connectivity index (χ1v) is 3.42. The lowest BCUT2D eigenvalue weighted by molar-refractivity contribution is 0.584. The maximum Gasteiger partial charge on any atom is 0.0687 e. The molecule has 0 aliphatic rings. The number of rotatable bonds is 1. The van der Waals surface area contributed by atoms with E-state index in [1.165, 1.54) is 0 Å². The molecule has 1 atom stereocenters. The fourth-order valence-electron chi connectivity index (χ4n) is 0.387. The first-order chi connectivity index (χ1) is 4.18. The van der Waals surface area contributed by atoms with E-state index >= 15 is 0 Å². The normalized spacial score (nSPS) is 12.6. The van der Waals surface area contributed by atoms with Gasteiger partial charge in [-0.1, -0.05) is 26.7 Å². The average molecular weight is 125 g/mol. The molecule has 1 heteroatoms. The Labute approximate surface area is 57.6 Å².